The molecule has 0 radical (unpaired) electrons. The van der Waals surface area contributed by atoms with E-state index in [9.17, 15) is 4.79 Å². The second-order valence-electron chi connectivity index (χ2n) is 7.16. The SMILES string of the molecule is COC(=O)c1ncc(N)nc1N1CCC2(CC1)Cc1ccccc1[C@H]2N. The van der Waals surface area contributed by atoms with Crippen molar-refractivity contribution in [3.63, 3.8) is 0 Å². The van der Waals surface area contributed by atoms with Crippen LogP contribution in [0, 0.1) is 5.41 Å². The Balaban J connectivity index is 1.57. The Morgan fingerprint density at radius 2 is 2.04 bits per heavy atom. The van der Waals surface area contributed by atoms with Gasteiger partial charge in [0.1, 0.15) is 5.82 Å². The van der Waals surface area contributed by atoms with Crippen LogP contribution in [0.3, 0.4) is 0 Å². The van der Waals surface area contributed by atoms with Gasteiger partial charge in [-0.25, -0.2) is 14.8 Å². The summed E-state index contributed by atoms with van der Waals surface area (Å²) in [6.45, 7) is 1.51. The van der Waals surface area contributed by atoms with Gasteiger partial charge in [-0.1, -0.05) is 24.3 Å². The van der Waals surface area contributed by atoms with Crippen molar-refractivity contribution in [1.82, 2.24) is 9.97 Å². The first-order chi connectivity index (χ1) is 12.5. The van der Waals surface area contributed by atoms with Crippen molar-refractivity contribution in [2.45, 2.75) is 25.3 Å². The monoisotopic (exact) mass is 353 g/mol. The molecule has 0 bridgehead atoms. The summed E-state index contributed by atoms with van der Waals surface area (Å²) in [7, 11) is 1.34. The van der Waals surface area contributed by atoms with E-state index in [1.165, 1.54) is 24.4 Å². The van der Waals surface area contributed by atoms with Crippen molar-refractivity contribution in [2.24, 2.45) is 11.1 Å². The fourth-order valence-corrected chi connectivity index (χ4v) is 4.32. The minimum absolute atomic E-state index is 0.0489. The Bertz CT molecular complexity index is 846. The highest BCUT2D eigenvalue weighted by atomic mass is 16.5. The van der Waals surface area contributed by atoms with Gasteiger partial charge in [-0.3, -0.25) is 0 Å². The first-order valence-corrected chi connectivity index (χ1v) is 8.83. The molecule has 1 aliphatic carbocycles. The number of methoxy groups -OCH3 is 1. The van der Waals surface area contributed by atoms with E-state index < -0.39 is 5.97 Å². The molecule has 4 rings (SSSR count). The van der Waals surface area contributed by atoms with Gasteiger partial charge in [0, 0.05) is 19.1 Å². The van der Waals surface area contributed by atoms with Crippen LogP contribution < -0.4 is 16.4 Å². The van der Waals surface area contributed by atoms with Crippen molar-refractivity contribution in [3.05, 3.63) is 47.3 Å². The van der Waals surface area contributed by atoms with Crippen LogP contribution in [0.1, 0.15) is 40.5 Å². The smallest absolute Gasteiger partial charge is 0.360 e. The second-order valence-corrected chi connectivity index (χ2v) is 7.16. The Labute approximate surface area is 152 Å². The van der Waals surface area contributed by atoms with E-state index in [0.29, 0.717) is 5.82 Å². The molecule has 0 saturated carbocycles. The van der Waals surface area contributed by atoms with Crippen LogP contribution in [0.25, 0.3) is 0 Å². The summed E-state index contributed by atoms with van der Waals surface area (Å²) in [5.41, 5.74) is 15.3. The van der Waals surface area contributed by atoms with Crippen LogP contribution in [0.2, 0.25) is 0 Å². The Morgan fingerprint density at radius 1 is 1.31 bits per heavy atom. The highest BCUT2D eigenvalue weighted by Crippen LogP contribution is 2.51. The molecule has 0 unspecified atom stereocenters. The molecule has 7 nitrogen and oxygen atoms in total. The average molecular weight is 353 g/mol. The molecule has 136 valence electrons. The van der Waals surface area contributed by atoms with Crippen LogP contribution in [0.5, 0.6) is 0 Å². The lowest BCUT2D eigenvalue weighted by Gasteiger charge is -2.42. The quantitative estimate of drug-likeness (QED) is 0.791. The van der Waals surface area contributed by atoms with E-state index in [-0.39, 0.29) is 23.0 Å². The molecule has 1 saturated heterocycles. The van der Waals surface area contributed by atoms with Gasteiger partial charge in [-0.15, -0.1) is 0 Å². The summed E-state index contributed by atoms with van der Waals surface area (Å²) >= 11 is 0. The summed E-state index contributed by atoms with van der Waals surface area (Å²) in [6, 6.07) is 8.49. The van der Waals surface area contributed by atoms with Crippen LogP contribution in [-0.4, -0.2) is 36.1 Å². The Hall–Kier alpha value is -2.67. The van der Waals surface area contributed by atoms with E-state index >= 15 is 0 Å². The predicted molar refractivity (Wildman–Crippen MR) is 98.7 cm³/mol. The molecule has 1 atom stereocenters. The van der Waals surface area contributed by atoms with E-state index in [4.69, 9.17) is 16.2 Å². The van der Waals surface area contributed by atoms with Crippen molar-refractivity contribution in [2.75, 3.05) is 30.8 Å². The van der Waals surface area contributed by atoms with E-state index in [2.05, 4.69) is 39.1 Å². The molecule has 1 aliphatic heterocycles. The lowest BCUT2D eigenvalue weighted by atomic mass is 9.73. The van der Waals surface area contributed by atoms with Crippen LogP contribution in [0.15, 0.2) is 30.5 Å². The van der Waals surface area contributed by atoms with Crippen molar-refractivity contribution in [3.8, 4) is 0 Å². The number of nitrogen functional groups attached to an aromatic ring is 1. The summed E-state index contributed by atoms with van der Waals surface area (Å²) in [4.78, 5) is 22.6. The second kappa shape index (κ2) is 6.25. The fourth-order valence-electron chi connectivity index (χ4n) is 4.32. The lowest BCUT2D eigenvalue weighted by Crippen LogP contribution is -2.45. The van der Waals surface area contributed by atoms with Crippen LogP contribution in [-0.2, 0) is 11.2 Å². The molecule has 1 aromatic carbocycles. The third kappa shape index (κ3) is 2.59. The standard InChI is InChI=1S/C19H23N5O2/c1-26-18(25)15-17(23-14(20)11-22-15)24-8-6-19(7-9-24)10-12-4-2-3-5-13(12)16(19)21/h2-5,11,16H,6-10,21H2,1H3,(H2,20,23)/t16-/m1/s1. The molecular formula is C19H23N5O2. The summed E-state index contributed by atoms with van der Waals surface area (Å²) in [5, 5.41) is 0. The molecular weight excluding hydrogens is 330 g/mol. The topological polar surface area (TPSA) is 107 Å². The number of fused-ring (bicyclic) bond motifs is 1. The molecule has 26 heavy (non-hydrogen) atoms. The highest BCUT2D eigenvalue weighted by Gasteiger charge is 2.46. The third-order valence-corrected chi connectivity index (χ3v) is 5.80. The first kappa shape index (κ1) is 16.8. The number of hydrogen-bond acceptors (Lipinski definition) is 7. The summed E-state index contributed by atoms with van der Waals surface area (Å²) in [5.74, 6) is 0.284. The number of rotatable bonds is 2. The maximum Gasteiger partial charge on any atom is 0.360 e. The molecule has 1 aromatic heterocycles. The largest absolute Gasteiger partial charge is 0.464 e. The van der Waals surface area contributed by atoms with Gasteiger partial charge in [0.05, 0.1) is 13.3 Å². The van der Waals surface area contributed by atoms with Crippen LogP contribution >= 0.6 is 0 Å². The average Bonchev–Trinajstić information content (AvgIpc) is 2.94. The van der Waals surface area contributed by atoms with Gasteiger partial charge in [0.2, 0.25) is 0 Å². The van der Waals surface area contributed by atoms with Crippen molar-refractivity contribution in [1.29, 1.82) is 0 Å². The predicted octanol–water partition coefficient (Wildman–Crippen LogP) is 1.69. The lowest BCUT2D eigenvalue weighted by molar-refractivity contribution is 0.0594. The molecule has 1 spiro atoms. The van der Waals surface area contributed by atoms with Crippen molar-refractivity contribution >= 4 is 17.6 Å². The molecule has 2 aliphatic rings. The number of aromatic nitrogens is 2. The Kier molecular flexibility index (Phi) is 4.03. The van der Waals surface area contributed by atoms with Gasteiger partial charge >= 0.3 is 5.97 Å². The number of hydrogen-bond donors (Lipinski definition) is 2. The van der Waals surface area contributed by atoms with E-state index in [1.807, 2.05) is 0 Å². The molecule has 2 heterocycles. The van der Waals surface area contributed by atoms with Gasteiger partial charge in [-0.2, -0.15) is 0 Å². The van der Waals surface area contributed by atoms with Gasteiger partial charge in [-0.05, 0) is 35.8 Å². The summed E-state index contributed by atoms with van der Waals surface area (Å²) < 4.78 is 4.83. The number of nitrogens with two attached hydrogens (primary N) is 2. The maximum atomic E-state index is 12.0. The third-order valence-electron chi connectivity index (χ3n) is 5.80. The highest BCUT2D eigenvalue weighted by molar-refractivity contribution is 5.92. The number of carbonyl (C=O) groups is 1. The number of esters is 1. The molecule has 0 amide bonds. The number of piperidine rings is 1. The summed E-state index contributed by atoms with van der Waals surface area (Å²) in [6.07, 6.45) is 4.25. The number of ether oxygens (including phenoxy) is 1. The number of nitrogens with zero attached hydrogens (tertiary/aromatic N) is 3. The zero-order chi connectivity index (χ0) is 18.3. The van der Waals surface area contributed by atoms with E-state index in [0.717, 1.165) is 32.4 Å². The number of anilines is 2. The normalized spacial score (nSPS) is 20.8. The molecule has 4 N–H and O–H groups in total. The van der Waals surface area contributed by atoms with Gasteiger partial charge in [0.25, 0.3) is 0 Å². The number of carbonyl (C=O) groups excluding carboxylic acids is 1. The molecule has 2 aromatic rings. The zero-order valence-corrected chi connectivity index (χ0v) is 14.8. The zero-order valence-electron chi connectivity index (χ0n) is 14.8. The minimum Gasteiger partial charge on any atom is -0.464 e. The Morgan fingerprint density at radius 3 is 2.73 bits per heavy atom. The van der Waals surface area contributed by atoms with E-state index in [1.54, 1.807) is 0 Å². The fraction of sp³-hybridized carbons (Fsp3) is 0.421. The van der Waals surface area contributed by atoms with Gasteiger partial charge in [0.15, 0.2) is 11.5 Å². The maximum absolute atomic E-state index is 12.0. The minimum atomic E-state index is -0.502. The van der Waals surface area contributed by atoms with Crippen molar-refractivity contribution < 1.29 is 9.53 Å². The molecule has 7 heteroatoms. The molecule has 1 fully saturated rings. The number of benzene rings is 1. The van der Waals surface area contributed by atoms with Crippen LogP contribution in [0.4, 0.5) is 11.6 Å². The first-order valence-electron chi connectivity index (χ1n) is 8.83. The van der Waals surface area contributed by atoms with Gasteiger partial charge < -0.3 is 21.1 Å².